The minimum atomic E-state index is 0. The first kappa shape index (κ1) is 24.1. The highest BCUT2D eigenvalue weighted by Gasteiger charge is 2.20. The fraction of sp³-hybridized carbons (Fsp3) is 0.455. The molecule has 5 nitrogen and oxygen atoms in total. The number of aromatic nitrogens is 1. The van der Waals surface area contributed by atoms with E-state index in [2.05, 4.69) is 77.8 Å². The summed E-state index contributed by atoms with van der Waals surface area (Å²) >= 11 is 3.50. The van der Waals surface area contributed by atoms with Gasteiger partial charge in [-0.15, -0.1) is 24.0 Å². The normalized spacial score (nSPS) is 15.6. The van der Waals surface area contributed by atoms with Crippen molar-refractivity contribution in [3.8, 4) is 0 Å². The fourth-order valence-electron chi connectivity index (χ4n) is 3.44. The van der Waals surface area contributed by atoms with Crippen LogP contribution in [-0.4, -0.2) is 48.6 Å². The fourth-order valence-corrected chi connectivity index (χ4v) is 3.71. The van der Waals surface area contributed by atoms with Crippen LogP contribution in [0.15, 0.2) is 52.1 Å². The average Bonchev–Trinajstić information content (AvgIpc) is 2.72. The molecule has 2 aromatic rings. The molecule has 2 N–H and O–H groups in total. The number of pyridine rings is 1. The van der Waals surface area contributed by atoms with Gasteiger partial charge in [0.1, 0.15) is 0 Å². The van der Waals surface area contributed by atoms with Gasteiger partial charge < -0.3 is 10.6 Å². The van der Waals surface area contributed by atoms with E-state index in [0.717, 1.165) is 61.6 Å². The Morgan fingerprint density at radius 2 is 1.83 bits per heavy atom. The molecule has 7 heteroatoms. The van der Waals surface area contributed by atoms with Gasteiger partial charge in [0.25, 0.3) is 0 Å². The second-order valence-electron chi connectivity index (χ2n) is 7.38. The summed E-state index contributed by atoms with van der Waals surface area (Å²) < 4.78 is 1.14. The highest BCUT2D eigenvalue weighted by Crippen LogP contribution is 2.16. The average molecular weight is 572 g/mol. The number of halogens is 2. The Hall–Kier alpha value is -1.19. The Bertz CT molecular complexity index is 756. The number of hydrogen-bond acceptors (Lipinski definition) is 3. The lowest BCUT2D eigenvalue weighted by molar-refractivity contribution is 0.198. The Kier molecular flexibility index (Phi) is 10.4. The molecule has 1 aromatic heterocycles. The predicted octanol–water partition coefficient (Wildman–Crippen LogP) is 4.14. The largest absolute Gasteiger partial charge is 0.356 e. The van der Waals surface area contributed by atoms with Gasteiger partial charge in [0.05, 0.1) is 0 Å². The Labute approximate surface area is 199 Å². The molecular formula is C22H31BrIN5. The molecule has 0 unspecified atom stereocenters. The zero-order chi connectivity index (χ0) is 19.8. The molecule has 0 aliphatic carbocycles. The molecule has 1 aromatic carbocycles. The van der Waals surface area contributed by atoms with Crippen molar-refractivity contribution in [1.82, 2.24) is 20.5 Å². The van der Waals surface area contributed by atoms with E-state index in [-0.39, 0.29) is 24.0 Å². The third kappa shape index (κ3) is 8.22. The number of likely N-dealkylation sites (tertiary alicyclic amines) is 1. The van der Waals surface area contributed by atoms with E-state index < -0.39 is 0 Å². The highest BCUT2D eigenvalue weighted by atomic mass is 127. The molecule has 0 atom stereocenters. The molecule has 2 heterocycles. The van der Waals surface area contributed by atoms with Crippen molar-refractivity contribution in [2.24, 2.45) is 4.99 Å². The second kappa shape index (κ2) is 12.5. The standard InChI is InChI=1S/C22H30BrN5.HI/c1-17-3-4-18(15-26-17)9-12-25-22(24-2)27-21-10-13-28(14-11-21)16-19-5-7-20(23)8-6-19;/h3-8,15,21H,9-14,16H2,1-2H3,(H2,24,25,27);1H. The molecule has 158 valence electrons. The van der Waals surface area contributed by atoms with Crippen LogP contribution in [0.5, 0.6) is 0 Å². The van der Waals surface area contributed by atoms with E-state index >= 15 is 0 Å². The number of hydrogen-bond donors (Lipinski definition) is 2. The number of guanidine groups is 1. The van der Waals surface area contributed by atoms with Gasteiger partial charge in [-0.2, -0.15) is 0 Å². The van der Waals surface area contributed by atoms with E-state index in [1.807, 2.05) is 20.2 Å². The zero-order valence-corrected chi connectivity index (χ0v) is 21.1. The van der Waals surface area contributed by atoms with Crippen LogP contribution in [0.2, 0.25) is 0 Å². The van der Waals surface area contributed by atoms with Gasteiger partial charge in [-0.05, 0) is 55.5 Å². The molecule has 0 amide bonds. The van der Waals surface area contributed by atoms with E-state index in [1.54, 1.807) is 0 Å². The van der Waals surface area contributed by atoms with Crippen LogP contribution in [-0.2, 0) is 13.0 Å². The first-order valence-corrected chi connectivity index (χ1v) is 10.8. The summed E-state index contributed by atoms with van der Waals surface area (Å²) in [7, 11) is 1.84. The molecule has 1 aliphatic heterocycles. The van der Waals surface area contributed by atoms with E-state index in [9.17, 15) is 0 Å². The summed E-state index contributed by atoms with van der Waals surface area (Å²) in [6.07, 6.45) is 5.17. The maximum Gasteiger partial charge on any atom is 0.191 e. The molecule has 1 fully saturated rings. The SMILES string of the molecule is CN=C(NCCc1ccc(C)nc1)NC1CCN(Cc2ccc(Br)cc2)CC1.I. The van der Waals surface area contributed by atoms with E-state index in [0.29, 0.717) is 6.04 Å². The molecule has 3 rings (SSSR count). The highest BCUT2D eigenvalue weighted by molar-refractivity contribution is 14.0. The molecule has 0 spiro atoms. The lowest BCUT2D eigenvalue weighted by Crippen LogP contribution is -2.48. The summed E-state index contributed by atoms with van der Waals surface area (Å²) in [4.78, 5) is 11.3. The zero-order valence-electron chi connectivity index (χ0n) is 17.2. The van der Waals surface area contributed by atoms with Crippen molar-refractivity contribution in [3.05, 3.63) is 63.9 Å². The molecular weight excluding hydrogens is 541 g/mol. The van der Waals surface area contributed by atoms with Crippen LogP contribution in [0, 0.1) is 6.92 Å². The quantitative estimate of drug-likeness (QED) is 0.311. The summed E-state index contributed by atoms with van der Waals surface area (Å²) in [5.74, 6) is 0.895. The summed E-state index contributed by atoms with van der Waals surface area (Å²) in [6.45, 7) is 6.11. The maximum absolute atomic E-state index is 4.38. The van der Waals surface area contributed by atoms with Crippen molar-refractivity contribution in [1.29, 1.82) is 0 Å². The number of rotatable bonds is 6. The topological polar surface area (TPSA) is 52.6 Å². The minimum absolute atomic E-state index is 0. The number of nitrogens with one attached hydrogen (secondary N) is 2. The molecule has 29 heavy (non-hydrogen) atoms. The summed E-state index contributed by atoms with van der Waals surface area (Å²) in [6, 6.07) is 13.3. The van der Waals surface area contributed by atoms with Crippen molar-refractivity contribution >= 4 is 45.9 Å². The Balaban J connectivity index is 0.00000300. The molecule has 0 radical (unpaired) electrons. The summed E-state index contributed by atoms with van der Waals surface area (Å²) in [5, 5.41) is 7.01. The minimum Gasteiger partial charge on any atom is -0.356 e. The van der Waals surface area contributed by atoms with Crippen molar-refractivity contribution in [2.75, 3.05) is 26.7 Å². The van der Waals surface area contributed by atoms with Crippen molar-refractivity contribution in [2.45, 2.75) is 38.8 Å². The van der Waals surface area contributed by atoms with Crippen LogP contribution in [0.3, 0.4) is 0 Å². The van der Waals surface area contributed by atoms with Crippen LogP contribution in [0.1, 0.15) is 29.7 Å². The lowest BCUT2D eigenvalue weighted by Gasteiger charge is -2.33. The third-order valence-corrected chi connectivity index (χ3v) is 5.68. The number of benzene rings is 1. The second-order valence-corrected chi connectivity index (χ2v) is 8.29. The van der Waals surface area contributed by atoms with E-state index in [1.165, 1.54) is 11.1 Å². The van der Waals surface area contributed by atoms with Gasteiger partial charge in [0.15, 0.2) is 5.96 Å². The molecule has 1 aliphatic rings. The van der Waals surface area contributed by atoms with Gasteiger partial charge in [-0.1, -0.05) is 34.1 Å². The molecule has 1 saturated heterocycles. The third-order valence-electron chi connectivity index (χ3n) is 5.15. The van der Waals surface area contributed by atoms with Crippen LogP contribution in [0.4, 0.5) is 0 Å². The monoisotopic (exact) mass is 571 g/mol. The van der Waals surface area contributed by atoms with Gasteiger partial charge in [0, 0.05) is 55.6 Å². The first-order chi connectivity index (χ1) is 13.6. The van der Waals surface area contributed by atoms with E-state index in [4.69, 9.17) is 0 Å². The molecule has 0 bridgehead atoms. The van der Waals surface area contributed by atoms with Crippen LogP contribution >= 0.6 is 39.9 Å². The molecule has 0 saturated carbocycles. The van der Waals surface area contributed by atoms with Crippen molar-refractivity contribution < 1.29 is 0 Å². The lowest BCUT2D eigenvalue weighted by atomic mass is 10.0. The number of aryl methyl sites for hydroxylation is 1. The van der Waals surface area contributed by atoms with Gasteiger partial charge >= 0.3 is 0 Å². The maximum atomic E-state index is 4.38. The summed E-state index contributed by atoms with van der Waals surface area (Å²) in [5.41, 5.74) is 3.67. The number of aliphatic imine (C=N–C) groups is 1. The van der Waals surface area contributed by atoms with Crippen molar-refractivity contribution in [3.63, 3.8) is 0 Å². The van der Waals surface area contributed by atoms with Gasteiger partial charge in [-0.25, -0.2) is 0 Å². The van der Waals surface area contributed by atoms with Gasteiger partial charge in [0.2, 0.25) is 0 Å². The smallest absolute Gasteiger partial charge is 0.191 e. The van der Waals surface area contributed by atoms with Gasteiger partial charge in [-0.3, -0.25) is 14.9 Å². The number of nitrogens with zero attached hydrogens (tertiary/aromatic N) is 3. The Morgan fingerprint density at radius 3 is 2.45 bits per heavy atom. The van der Waals surface area contributed by atoms with Crippen LogP contribution in [0.25, 0.3) is 0 Å². The predicted molar refractivity (Wildman–Crippen MR) is 135 cm³/mol. The Morgan fingerprint density at radius 1 is 1.14 bits per heavy atom. The first-order valence-electron chi connectivity index (χ1n) is 9.98. The number of piperidine rings is 1. The van der Waals surface area contributed by atoms with Crippen LogP contribution < -0.4 is 10.6 Å².